The Labute approximate surface area is 173 Å². The van der Waals surface area contributed by atoms with Crippen LogP contribution in [-0.2, 0) is 16.0 Å². The van der Waals surface area contributed by atoms with Gasteiger partial charge in [-0.3, -0.25) is 0 Å². The van der Waals surface area contributed by atoms with E-state index in [0.29, 0.717) is 29.9 Å². The van der Waals surface area contributed by atoms with Gasteiger partial charge in [0.15, 0.2) is 0 Å². The van der Waals surface area contributed by atoms with Crippen molar-refractivity contribution in [2.45, 2.75) is 70.8 Å². The number of aryl methyl sites for hydroxylation is 1. The van der Waals surface area contributed by atoms with E-state index in [2.05, 4.69) is 18.3 Å². The van der Waals surface area contributed by atoms with E-state index in [9.17, 15) is 9.90 Å². The normalized spacial score (nSPS) is 35.4. The van der Waals surface area contributed by atoms with Gasteiger partial charge in [0.1, 0.15) is 11.9 Å². The molecule has 4 aliphatic rings. The van der Waals surface area contributed by atoms with Crippen molar-refractivity contribution >= 4 is 5.97 Å². The zero-order valence-corrected chi connectivity index (χ0v) is 17.4. The molecule has 0 amide bonds. The van der Waals surface area contributed by atoms with E-state index < -0.39 is 0 Å². The second-order valence-electron chi connectivity index (χ2n) is 9.67. The zero-order valence-electron chi connectivity index (χ0n) is 17.4. The number of ether oxygens (including phenoxy) is 1. The monoisotopic (exact) mass is 393 g/mol. The van der Waals surface area contributed by atoms with Crippen LogP contribution >= 0.6 is 0 Å². The Morgan fingerprint density at radius 2 is 2.10 bits per heavy atom. The molecule has 154 valence electrons. The molecule has 0 unspecified atom stereocenters. The van der Waals surface area contributed by atoms with Gasteiger partial charge < -0.3 is 15.2 Å². The molecule has 1 aliphatic heterocycles. The lowest BCUT2D eigenvalue weighted by molar-refractivity contribution is -0.153. The number of phenols is 1. The van der Waals surface area contributed by atoms with E-state index in [-0.39, 0.29) is 17.5 Å². The smallest absolute Gasteiger partial charge is 0.336 e. The van der Waals surface area contributed by atoms with Crippen molar-refractivity contribution in [1.82, 2.24) is 5.32 Å². The van der Waals surface area contributed by atoms with Crippen LogP contribution in [0.25, 0.3) is 0 Å². The third-order valence-electron chi connectivity index (χ3n) is 8.31. The van der Waals surface area contributed by atoms with Crippen LogP contribution in [0.3, 0.4) is 0 Å². The number of hydrogen-bond acceptors (Lipinski definition) is 4. The van der Waals surface area contributed by atoms with Crippen LogP contribution in [0.2, 0.25) is 0 Å². The molecule has 5 rings (SSSR count). The minimum atomic E-state index is -0.141. The average molecular weight is 394 g/mol. The fourth-order valence-electron chi connectivity index (χ4n) is 6.75. The lowest BCUT2D eigenvalue weighted by Crippen LogP contribution is -2.45. The molecule has 1 aromatic rings. The first-order valence-corrected chi connectivity index (χ1v) is 11.1. The Morgan fingerprint density at radius 1 is 1.24 bits per heavy atom. The van der Waals surface area contributed by atoms with Gasteiger partial charge in [-0.05, 0) is 92.7 Å². The first-order chi connectivity index (χ1) is 14.0. The molecular formula is C25H31NO3. The topological polar surface area (TPSA) is 58.6 Å². The van der Waals surface area contributed by atoms with E-state index in [0.717, 1.165) is 43.4 Å². The summed E-state index contributed by atoms with van der Waals surface area (Å²) in [5, 5.41) is 13.0. The summed E-state index contributed by atoms with van der Waals surface area (Å²) in [6.45, 7) is 4.31. The zero-order chi connectivity index (χ0) is 20.2. The van der Waals surface area contributed by atoms with Crippen LogP contribution in [0.5, 0.6) is 5.75 Å². The highest BCUT2D eigenvalue weighted by Crippen LogP contribution is 2.61. The highest BCUT2D eigenvalue weighted by atomic mass is 16.5. The molecule has 29 heavy (non-hydrogen) atoms. The molecule has 4 nitrogen and oxygen atoms in total. The van der Waals surface area contributed by atoms with Crippen LogP contribution in [0.4, 0.5) is 0 Å². The van der Waals surface area contributed by atoms with Crippen molar-refractivity contribution in [2.24, 2.45) is 17.3 Å². The third kappa shape index (κ3) is 2.99. The summed E-state index contributed by atoms with van der Waals surface area (Å²) >= 11 is 0. The minimum Gasteiger partial charge on any atom is -0.508 e. The summed E-state index contributed by atoms with van der Waals surface area (Å²) in [6.07, 6.45) is 11.2. The fraction of sp³-hybridized carbons (Fsp3) is 0.560. The first-order valence-electron chi connectivity index (χ1n) is 11.1. The highest BCUT2D eigenvalue weighted by molar-refractivity contribution is 5.90. The summed E-state index contributed by atoms with van der Waals surface area (Å²) < 4.78 is 6.15. The van der Waals surface area contributed by atoms with Crippen molar-refractivity contribution in [3.8, 4) is 5.75 Å². The summed E-state index contributed by atoms with van der Waals surface area (Å²) in [5.41, 5.74) is 4.53. The van der Waals surface area contributed by atoms with Crippen molar-refractivity contribution in [3.05, 3.63) is 52.9 Å². The van der Waals surface area contributed by atoms with Crippen LogP contribution < -0.4 is 5.32 Å². The number of dihydropyridines is 1. The fourth-order valence-corrected chi connectivity index (χ4v) is 6.75. The molecular weight excluding hydrogens is 362 g/mol. The van der Waals surface area contributed by atoms with Crippen LogP contribution in [0.1, 0.15) is 69.4 Å². The molecule has 3 aliphatic carbocycles. The third-order valence-corrected chi connectivity index (χ3v) is 8.31. The SMILES string of the molecule is CC1=C(C(=O)O[C@H]2CC[C@H]3[C@@H]4CCc5cc(O)ccc5[C@H]4CC[C@]23C)CC=CN1. The van der Waals surface area contributed by atoms with Crippen LogP contribution in [0, 0.1) is 17.3 Å². The van der Waals surface area contributed by atoms with Gasteiger partial charge in [-0.1, -0.05) is 19.1 Å². The number of nitrogens with one attached hydrogen (secondary N) is 1. The van der Waals surface area contributed by atoms with Gasteiger partial charge in [-0.25, -0.2) is 4.79 Å². The maximum absolute atomic E-state index is 12.9. The number of aromatic hydroxyl groups is 1. The van der Waals surface area contributed by atoms with Gasteiger partial charge in [-0.15, -0.1) is 0 Å². The highest BCUT2D eigenvalue weighted by Gasteiger charge is 2.56. The van der Waals surface area contributed by atoms with E-state index >= 15 is 0 Å². The Morgan fingerprint density at radius 3 is 2.93 bits per heavy atom. The number of carbonyl (C=O) groups excluding carboxylic acids is 1. The number of fused-ring (bicyclic) bond motifs is 5. The first kappa shape index (κ1) is 18.8. The van der Waals surface area contributed by atoms with E-state index in [1.54, 1.807) is 0 Å². The standard InChI is InChI=1S/C25H31NO3/c1-15-18(4-3-13-26-15)24(28)29-23-10-9-22-21-7-5-16-14-17(27)6-8-19(16)20(21)11-12-25(22,23)2/h3,6,8,13-14,20-23,26-27H,4-5,7,9-12H2,1-2H3/t20-,21-,22+,23+,25+/m1/s1. The van der Waals surface area contributed by atoms with E-state index in [1.807, 2.05) is 31.3 Å². The number of carbonyl (C=O) groups is 1. The molecule has 0 radical (unpaired) electrons. The van der Waals surface area contributed by atoms with Gasteiger partial charge in [0.05, 0.1) is 5.57 Å². The van der Waals surface area contributed by atoms with Crippen molar-refractivity contribution in [2.75, 3.05) is 0 Å². The van der Waals surface area contributed by atoms with Gasteiger partial charge in [-0.2, -0.15) is 0 Å². The largest absolute Gasteiger partial charge is 0.508 e. The molecule has 2 saturated carbocycles. The van der Waals surface area contributed by atoms with Gasteiger partial charge in [0.2, 0.25) is 0 Å². The number of allylic oxidation sites excluding steroid dienone is 2. The molecule has 2 N–H and O–H groups in total. The molecule has 0 aromatic heterocycles. The van der Waals surface area contributed by atoms with Gasteiger partial charge in [0, 0.05) is 17.5 Å². The maximum atomic E-state index is 12.9. The predicted molar refractivity (Wildman–Crippen MR) is 112 cm³/mol. The maximum Gasteiger partial charge on any atom is 0.336 e. The van der Waals surface area contributed by atoms with Gasteiger partial charge >= 0.3 is 5.97 Å². The molecule has 4 heteroatoms. The Hall–Kier alpha value is -2.23. The number of esters is 1. The van der Waals surface area contributed by atoms with E-state index in [4.69, 9.17) is 4.74 Å². The van der Waals surface area contributed by atoms with Crippen molar-refractivity contribution < 1.29 is 14.6 Å². The quantitative estimate of drug-likeness (QED) is 0.699. The second-order valence-corrected chi connectivity index (χ2v) is 9.67. The second kappa shape index (κ2) is 6.93. The summed E-state index contributed by atoms with van der Waals surface area (Å²) in [7, 11) is 0. The minimum absolute atomic E-state index is 0.0216. The molecule has 1 aromatic carbocycles. The van der Waals surface area contributed by atoms with Crippen LogP contribution in [0.15, 0.2) is 41.7 Å². The van der Waals surface area contributed by atoms with Gasteiger partial charge in [0.25, 0.3) is 0 Å². The van der Waals surface area contributed by atoms with Crippen LogP contribution in [-0.4, -0.2) is 17.2 Å². The Bertz CT molecular complexity index is 901. The predicted octanol–water partition coefficient (Wildman–Crippen LogP) is 4.94. The molecule has 0 bridgehead atoms. The molecule has 0 saturated heterocycles. The number of benzene rings is 1. The lowest BCUT2D eigenvalue weighted by Gasteiger charge is -2.50. The molecule has 2 fully saturated rings. The summed E-state index contributed by atoms with van der Waals surface area (Å²) in [4.78, 5) is 12.9. The average Bonchev–Trinajstić information content (AvgIpc) is 3.04. The number of rotatable bonds is 2. The summed E-state index contributed by atoms with van der Waals surface area (Å²) in [5.74, 6) is 2.10. The molecule has 5 atom stereocenters. The lowest BCUT2D eigenvalue weighted by atomic mass is 9.55. The molecule has 1 heterocycles. The Balaban J connectivity index is 1.35. The Kier molecular flexibility index (Phi) is 4.49. The number of hydrogen-bond donors (Lipinski definition) is 2. The summed E-state index contributed by atoms with van der Waals surface area (Å²) in [6, 6.07) is 5.95. The van der Waals surface area contributed by atoms with Crippen molar-refractivity contribution in [1.29, 1.82) is 0 Å². The van der Waals surface area contributed by atoms with Crippen molar-refractivity contribution in [3.63, 3.8) is 0 Å². The number of phenolic OH excluding ortho intramolecular Hbond substituents is 1. The molecule has 0 spiro atoms. The van der Waals surface area contributed by atoms with E-state index in [1.165, 1.54) is 17.5 Å².